The minimum atomic E-state index is -1.61. The van der Waals surface area contributed by atoms with Crippen molar-refractivity contribution in [3.8, 4) is 0 Å². The zero-order valence-electron chi connectivity index (χ0n) is 13.3. The average molecular weight is 304 g/mol. The second-order valence-electron chi connectivity index (χ2n) is 5.44. The first-order valence-electron chi connectivity index (χ1n) is 7.24. The molecule has 0 aliphatic carbocycles. The average Bonchev–Trinajstić information content (AvgIpc) is 2.46. The first-order chi connectivity index (χ1) is 9.95. The van der Waals surface area contributed by atoms with Gasteiger partial charge in [0, 0.05) is 6.42 Å². The van der Waals surface area contributed by atoms with E-state index in [-0.39, 0.29) is 0 Å². The lowest BCUT2D eigenvalue weighted by atomic mass is 10.2. The second kappa shape index (κ2) is 8.50. The summed E-state index contributed by atoms with van der Waals surface area (Å²) in [6.45, 7) is 9.00. The quantitative estimate of drug-likeness (QED) is 0.455. The van der Waals surface area contributed by atoms with Crippen LogP contribution < -0.4 is 5.19 Å². The van der Waals surface area contributed by atoms with Crippen molar-refractivity contribution in [2.24, 2.45) is 0 Å². The summed E-state index contributed by atoms with van der Waals surface area (Å²) >= 11 is 0. The van der Waals surface area contributed by atoms with Crippen molar-refractivity contribution in [3.05, 3.63) is 47.3 Å². The van der Waals surface area contributed by atoms with E-state index < -0.39 is 14.2 Å². The van der Waals surface area contributed by atoms with Gasteiger partial charge < -0.3 is 9.47 Å². The van der Waals surface area contributed by atoms with Crippen molar-refractivity contribution in [2.45, 2.75) is 33.4 Å². The van der Waals surface area contributed by atoms with Gasteiger partial charge in [0.25, 0.3) is 0 Å². The van der Waals surface area contributed by atoms with E-state index in [1.54, 1.807) is 6.92 Å². The van der Waals surface area contributed by atoms with E-state index in [9.17, 15) is 4.79 Å². The first kappa shape index (κ1) is 17.3. The first-order valence-corrected chi connectivity index (χ1v) is 10.3. The molecule has 0 saturated heterocycles. The Morgan fingerprint density at radius 2 is 1.90 bits per heavy atom. The van der Waals surface area contributed by atoms with Gasteiger partial charge >= 0.3 is 6.16 Å². The van der Waals surface area contributed by atoms with Crippen LogP contribution in [0, 0.1) is 0 Å². The van der Waals surface area contributed by atoms with Crippen LogP contribution in [0.3, 0.4) is 0 Å². The molecule has 0 aliphatic heterocycles. The summed E-state index contributed by atoms with van der Waals surface area (Å²) in [4.78, 5) is 11.1. The van der Waals surface area contributed by atoms with E-state index in [0.29, 0.717) is 19.6 Å². The van der Waals surface area contributed by atoms with Gasteiger partial charge in [-0.25, -0.2) is 4.79 Å². The molecule has 3 nitrogen and oxygen atoms in total. The monoisotopic (exact) mass is 304 g/mol. The number of ether oxygens (including phenoxy) is 2. The van der Waals surface area contributed by atoms with Crippen molar-refractivity contribution in [1.29, 1.82) is 0 Å². The molecule has 0 saturated carbocycles. The molecule has 1 aromatic rings. The second-order valence-corrected chi connectivity index (χ2v) is 9.75. The Morgan fingerprint density at radius 1 is 1.24 bits per heavy atom. The van der Waals surface area contributed by atoms with Gasteiger partial charge in [0.05, 0.1) is 13.2 Å². The predicted octanol–water partition coefficient (Wildman–Crippen LogP) is 3.81. The van der Waals surface area contributed by atoms with Gasteiger partial charge in [-0.2, -0.15) is 0 Å². The van der Waals surface area contributed by atoms with E-state index in [2.05, 4.69) is 48.8 Å². The van der Waals surface area contributed by atoms with Gasteiger partial charge in [0.2, 0.25) is 0 Å². The number of carbonyl (C=O) groups excluding carboxylic acids is 1. The fraction of sp³-hybridized carbons (Fsp3) is 0.412. The molecule has 114 valence electrons. The minimum Gasteiger partial charge on any atom is -0.435 e. The Morgan fingerprint density at radius 3 is 2.52 bits per heavy atom. The Bertz CT molecular complexity index is 514. The maximum atomic E-state index is 11.1. The SMILES string of the molecule is CCOC(=O)OCCC(C)=C=C[Si](C)(C)c1ccccc1. The minimum absolute atomic E-state index is 0.332. The molecular weight excluding hydrogens is 280 g/mol. The van der Waals surface area contributed by atoms with Crippen molar-refractivity contribution in [3.63, 3.8) is 0 Å². The number of carbonyl (C=O) groups is 1. The Hall–Kier alpha value is -1.77. The molecule has 0 spiro atoms. The lowest BCUT2D eigenvalue weighted by Gasteiger charge is -2.16. The molecule has 0 fully saturated rings. The molecule has 0 heterocycles. The molecule has 4 heteroatoms. The molecular formula is C17H24O3Si. The van der Waals surface area contributed by atoms with Crippen LogP contribution in [-0.4, -0.2) is 27.4 Å². The lowest BCUT2D eigenvalue weighted by molar-refractivity contribution is 0.0599. The van der Waals surface area contributed by atoms with Crippen LogP contribution in [0.1, 0.15) is 20.3 Å². The van der Waals surface area contributed by atoms with Gasteiger partial charge in [-0.1, -0.05) is 48.6 Å². The number of rotatable bonds is 6. The molecule has 0 N–H and O–H groups in total. The molecule has 0 atom stereocenters. The molecule has 1 aromatic carbocycles. The highest BCUT2D eigenvalue weighted by Crippen LogP contribution is 2.06. The van der Waals surface area contributed by atoms with E-state index in [4.69, 9.17) is 9.47 Å². The third-order valence-electron chi connectivity index (χ3n) is 3.16. The summed E-state index contributed by atoms with van der Waals surface area (Å²) in [7, 11) is -1.61. The summed E-state index contributed by atoms with van der Waals surface area (Å²) in [6.07, 6.45) is 0.0717. The normalized spacial score (nSPS) is 10.5. The Labute approximate surface area is 128 Å². The van der Waals surface area contributed by atoms with Crippen molar-refractivity contribution in [1.82, 2.24) is 0 Å². The van der Waals surface area contributed by atoms with E-state index in [0.717, 1.165) is 5.57 Å². The molecule has 21 heavy (non-hydrogen) atoms. The van der Waals surface area contributed by atoms with Gasteiger partial charge in [0.1, 0.15) is 8.07 Å². The third kappa shape index (κ3) is 6.47. The predicted molar refractivity (Wildman–Crippen MR) is 88.4 cm³/mol. The highest BCUT2D eigenvalue weighted by Gasteiger charge is 2.19. The number of hydrogen-bond donors (Lipinski definition) is 0. The summed E-state index contributed by atoms with van der Waals surface area (Å²) < 4.78 is 9.65. The summed E-state index contributed by atoms with van der Waals surface area (Å²) in [6, 6.07) is 10.5. The Balaban J connectivity index is 2.58. The highest BCUT2D eigenvalue weighted by atomic mass is 28.3. The molecule has 0 bridgehead atoms. The van der Waals surface area contributed by atoms with E-state index in [1.165, 1.54) is 5.19 Å². The molecule has 0 unspecified atom stereocenters. The van der Waals surface area contributed by atoms with Gasteiger partial charge in [-0.3, -0.25) is 0 Å². The van der Waals surface area contributed by atoms with Crippen LogP contribution in [0.25, 0.3) is 0 Å². The van der Waals surface area contributed by atoms with E-state index in [1.807, 2.05) is 13.0 Å². The van der Waals surface area contributed by atoms with Crippen molar-refractivity contribution >= 4 is 19.4 Å². The third-order valence-corrected chi connectivity index (χ3v) is 5.84. The van der Waals surface area contributed by atoms with Crippen molar-refractivity contribution in [2.75, 3.05) is 13.2 Å². The zero-order valence-corrected chi connectivity index (χ0v) is 14.3. The fourth-order valence-corrected chi connectivity index (χ4v) is 3.60. The highest BCUT2D eigenvalue weighted by molar-refractivity contribution is 6.93. The summed E-state index contributed by atoms with van der Waals surface area (Å²) in [5.41, 5.74) is 6.62. The van der Waals surface area contributed by atoms with E-state index >= 15 is 0 Å². The van der Waals surface area contributed by atoms with Crippen LogP contribution in [0.2, 0.25) is 13.1 Å². The van der Waals surface area contributed by atoms with Gasteiger partial charge in [-0.15, -0.1) is 5.73 Å². The summed E-state index contributed by atoms with van der Waals surface area (Å²) in [5.74, 6) is 0. The molecule has 0 aromatic heterocycles. The summed E-state index contributed by atoms with van der Waals surface area (Å²) in [5, 5.41) is 1.38. The Kier molecular flexibility index (Phi) is 6.99. The van der Waals surface area contributed by atoms with Crippen LogP contribution >= 0.6 is 0 Å². The number of benzene rings is 1. The van der Waals surface area contributed by atoms with Gasteiger partial charge in [-0.05, 0) is 25.1 Å². The maximum Gasteiger partial charge on any atom is 0.508 e. The standard InChI is InChI=1S/C17H24O3Si/c1-5-19-17(18)20-13-11-15(2)12-14-21(3,4)16-9-7-6-8-10-16/h6-10,14H,5,11,13H2,1-4H3. The smallest absolute Gasteiger partial charge is 0.435 e. The van der Waals surface area contributed by atoms with Crippen molar-refractivity contribution < 1.29 is 14.3 Å². The van der Waals surface area contributed by atoms with Crippen LogP contribution in [0.15, 0.2) is 47.3 Å². The molecule has 0 amide bonds. The molecule has 0 aliphatic rings. The largest absolute Gasteiger partial charge is 0.508 e. The maximum absolute atomic E-state index is 11.1. The lowest BCUT2D eigenvalue weighted by Crippen LogP contribution is -2.39. The van der Waals surface area contributed by atoms with Crippen LogP contribution in [0.4, 0.5) is 4.79 Å². The number of hydrogen-bond acceptors (Lipinski definition) is 3. The molecule has 1 rings (SSSR count). The molecule has 0 radical (unpaired) electrons. The van der Waals surface area contributed by atoms with Crippen LogP contribution in [0.5, 0.6) is 0 Å². The van der Waals surface area contributed by atoms with Crippen LogP contribution in [-0.2, 0) is 9.47 Å². The van der Waals surface area contributed by atoms with Gasteiger partial charge in [0.15, 0.2) is 0 Å². The topological polar surface area (TPSA) is 35.5 Å². The zero-order chi connectivity index (χ0) is 15.7. The fourth-order valence-electron chi connectivity index (χ4n) is 1.77.